The van der Waals surface area contributed by atoms with E-state index in [0.29, 0.717) is 5.56 Å². The first-order valence-corrected chi connectivity index (χ1v) is 10.0. The van der Waals surface area contributed by atoms with Gasteiger partial charge in [0.2, 0.25) is 5.82 Å². The predicted octanol–water partition coefficient (Wildman–Crippen LogP) is 3.95. The maximum absolute atomic E-state index is 13.6. The summed E-state index contributed by atoms with van der Waals surface area (Å²) >= 11 is 0. The minimum atomic E-state index is -0.953. The fraction of sp³-hybridized carbons (Fsp3) is 0.273. The number of nitro benzene ring substituents is 1. The summed E-state index contributed by atoms with van der Waals surface area (Å²) in [6.45, 7) is 3.68. The number of rotatable bonds is 5. The van der Waals surface area contributed by atoms with E-state index in [4.69, 9.17) is 0 Å². The fourth-order valence-electron chi connectivity index (χ4n) is 3.92. The van der Waals surface area contributed by atoms with Crippen LogP contribution in [0.3, 0.4) is 0 Å². The van der Waals surface area contributed by atoms with Gasteiger partial charge in [-0.3, -0.25) is 14.9 Å². The smallest absolute Gasteiger partial charge is 0.306 e. The Kier molecular flexibility index (Phi) is 5.77. The van der Waals surface area contributed by atoms with E-state index in [1.54, 1.807) is 4.68 Å². The molecule has 1 aromatic heterocycles. The minimum Gasteiger partial charge on any atom is -0.322 e. The Labute approximate surface area is 178 Å². The van der Waals surface area contributed by atoms with Crippen molar-refractivity contribution >= 4 is 17.3 Å². The molecule has 1 aliphatic rings. The van der Waals surface area contributed by atoms with Crippen molar-refractivity contribution in [2.45, 2.75) is 25.7 Å². The number of amides is 1. The van der Waals surface area contributed by atoms with Crippen molar-refractivity contribution in [2.24, 2.45) is 0 Å². The Morgan fingerprint density at radius 3 is 2.74 bits per heavy atom. The molecule has 1 aliphatic heterocycles. The van der Waals surface area contributed by atoms with E-state index in [-0.39, 0.29) is 11.6 Å². The van der Waals surface area contributed by atoms with Gasteiger partial charge >= 0.3 is 5.69 Å². The number of piperidine rings is 1. The van der Waals surface area contributed by atoms with Gasteiger partial charge in [0.05, 0.1) is 28.1 Å². The molecule has 2 aromatic carbocycles. The Bertz CT molecular complexity index is 1140. The molecule has 0 spiro atoms. The number of benzene rings is 2. The molecule has 31 heavy (non-hydrogen) atoms. The first-order valence-electron chi connectivity index (χ1n) is 10.0. The van der Waals surface area contributed by atoms with Crippen molar-refractivity contribution in [1.82, 2.24) is 15.1 Å². The molecule has 2 N–H and O–H groups in total. The third kappa shape index (κ3) is 4.31. The topological polar surface area (TPSA) is 102 Å². The highest BCUT2D eigenvalue weighted by molar-refractivity contribution is 6.05. The van der Waals surface area contributed by atoms with Gasteiger partial charge in [0.25, 0.3) is 5.91 Å². The van der Waals surface area contributed by atoms with Crippen LogP contribution in [0.15, 0.2) is 48.7 Å². The molecule has 0 atom stereocenters. The highest BCUT2D eigenvalue weighted by Crippen LogP contribution is 2.31. The van der Waals surface area contributed by atoms with Crippen molar-refractivity contribution in [1.29, 1.82) is 0 Å². The van der Waals surface area contributed by atoms with Crippen molar-refractivity contribution < 1.29 is 14.1 Å². The van der Waals surface area contributed by atoms with E-state index in [2.05, 4.69) is 15.7 Å². The Morgan fingerprint density at radius 2 is 2.03 bits per heavy atom. The van der Waals surface area contributed by atoms with Gasteiger partial charge in [0.1, 0.15) is 0 Å². The van der Waals surface area contributed by atoms with Gasteiger partial charge < -0.3 is 10.6 Å². The number of carbonyl (C=O) groups is 1. The van der Waals surface area contributed by atoms with Crippen LogP contribution in [-0.4, -0.2) is 33.7 Å². The number of hydrogen-bond acceptors (Lipinski definition) is 5. The van der Waals surface area contributed by atoms with Crippen molar-refractivity contribution in [3.8, 4) is 5.69 Å². The standard InChI is InChI=1S/C22H22FN5O3/c1-14-3-2-4-17(11-14)27-21(15-7-9-24-10-8-15)18(13-25-27)22(29)26-16-5-6-19(23)20(12-16)28(30)31/h2-6,11-13,15,24H,7-10H2,1H3,(H,26,29). The lowest BCUT2D eigenvalue weighted by Gasteiger charge is -2.24. The molecule has 2 heterocycles. The second-order valence-corrected chi connectivity index (χ2v) is 7.60. The molecule has 3 aromatic rings. The average Bonchev–Trinajstić information content (AvgIpc) is 3.21. The number of aromatic nitrogens is 2. The molecule has 0 radical (unpaired) electrons. The third-order valence-electron chi connectivity index (χ3n) is 5.42. The van der Waals surface area contributed by atoms with E-state index < -0.39 is 22.3 Å². The summed E-state index contributed by atoms with van der Waals surface area (Å²) in [5, 5.41) is 21.5. The van der Waals surface area contributed by atoms with Crippen LogP contribution in [-0.2, 0) is 0 Å². The van der Waals surface area contributed by atoms with E-state index >= 15 is 0 Å². The highest BCUT2D eigenvalue weighted by Gasteiger charge is 2.27. The molecule has 0 bridgehead atoms. The number of nitro groups is 1. The van der Waals surface area contributed by atoms with Crippen LogP contribution in [0.2, 0.25) is 0 Å². The number of aryl methyl sites for hydroxylation is 1. The first-order chi connectivity index (χ1) is 14.9. The largest absolute Gasteiger partial charge is 0.322 e. The van der Waals surface area contributed by atoms with Gasteiger partial charge in [-0.25, -0.2) is 4.68 Å². The molecule has 1 fully saturated rings. The number of nitrogens with zero attached hydrogens (tertiary/aromatic N) is 3. The van der Waals surface area contributed by atoms with Crippen LogP contribution < -0.4 is 10.6 Å². The van der Waals surface area contributed by atoms with Crippen LogP contribution in [0.4, 0.5) is 15.8 Å². The summed E-state index contributed by atoms with van der Waals surface area (Å²) in [7, 11) is 0. The molecule has 9 heteroatoms. The zero-order chi connectivity index (χ0) is 22.0. The number of hydrogen-bond donors (Lipinski definition) is 2. The first kappa shape index (κ1) is 20.7. The van der Waals surface area contributed by atoms with Gasteiger partial charge in [-0.1, -0.05) is 12.1 Å². The monoisotopic (exact) mass is 423 g/mol. The number of anilines is 1. The molecule has 0 saturated carbocycles. The van der Waals surface area contributed by atoms with Gasteiger partial charge in [-0.05, 0) is 62.7 Å². The molecule has 160 valence electrons. The SMILES string of the molecule is Cc1cccc(-n2ncc(C(=O)Nc3ccc(F)c([N+](=O)[O-])c3)c2C2CCNCC2)c1. The molecular weight excluding hydrogens is 401 g/mol. The Hall–Kier alpha value is -3.59. The Balaban J connectivity index is 1.71. The van der Waals surface area contributed by atoms with Gasteiger partial charge in [0.15, 0.2) is 0 Å². The van der Waals surface area contributed by atoms with Crippen LogP contribution in [0.1, 0.15) is 40.4 Å². The summed E-state index contributed by atoms with van der Waals surface area (Å²) in [5.74, 6) is -1.26. The number of nitrogens with one attached hydrogen (secondary N) is 2. The van der Waals surface area contributed by atoms with Crippen LogP contribution in [0.25, 0.3) is 5.69 Å². The summed E-state index contributed by atoms with van der Waals surface area (Å²) < 4.78 is 15.4. The molecule has 1 amide bonds. The molecule has 1 saturated heterocycles. The highest BCUT2D eigenvalue weighted by atomic mass is 19.1. The summed E-state index contributed by atoms with van der Waals surface area (Å²) in [6.07, 6.45) is 3.24. The van der Waals surface area contributed by atoms with E-state index in [0.717, 1.165) is 55.0 Å². The van der Waals surface area contributed by atoms with Crippen molar-refractivity contribution in [2.75, 3.05) is 18.4 Å². The van der Waals surface area contributed by atoms with Crippen LogP contribution in [0.5, 0.6) is 0 Å². The molecule has 0 aliphatic carbocycles. The third-order valence-corrected chi connectivity index (χ3v) is 5.42. The summed E-state index contributed by atoms with van der Waals surface area (Å²) in [4.78, 5) is 23.3. The second-order valence-electron chi connectivity index (χ2n) is 7.60. The molecule has 0 unspecified atom stereocenters. The molecule has 4 rings (SSSR count). The quantitative estimate of drug-likeness (QED) is 0.478. The van der Waals surface area contributed by atoms with Crippen LogP contribution >= 0.6 is 0 Å². The van der Waals surface area contributed by atoms with Gasteiger partial charge in [-0.15, -0.1) is 0 Å². The van der Waals surface area contributed by atoms with Gasteiger partial charge in [0, 0.05) is 17.7 Å². The lowest BCUT2D eigenvalue weighted by atomic mass is 9.91. The molecular formula is C22H22FN5O3. The van der Waals surface area contributed by atoms with E-state index in [1.165, 1.54) is 12.3 Å². The zero-order valence-electron chi connectivity index (χ0n) is 17.0. The van der Waals surface area contributed by atoms with E-state index in [9.17, 15) is 19.3 Å². The van der Waals surface area contributed by atoms with Crippen molar-refractivity contribution in [3.05, 3.63) is 81.4 Å². The number of halogens is 1. The van der Waals surface area contributed by atoms with Gasteiger partial charge in [-0.2, -0.15) is 9.49 Å². The molecule has 8 nitrogen and oxygen atoms in total. The second kappa shape index (κ2) is 8.65. The normalized spacial score (nSPS) is 14.4. The van der Waals surface area contributed by atoms with Crippen LogP contribution in [0, 0.1) is 22.9 Å². The average molecular weight is 423 g/mol. The summed E-state index contributed by atoms with van der Waals surface area (Å²) in [6, 6.07) is 11.2. The lowest BCUT2D eigenvalue weighted by Crippen LogP contribution is -2.29. The Morgan fingerprint density at radius 1 is 1.26 bits per heavy atom. The van der Waals surface area contributed by atoms with E-state index in [1.807, 2.05) is 31.2 Å². The minimum absolute atomic E-state index is 0.132. The predicted molar refractivity (Wildman–Crippen MR) is 114 cm³/mol. The zero-order valence-corrected chi connectivity index (χ0v) is 17.0. The lowest BCUT2D eigenvalue weighted by molar-refractivity contribution is -0.387. The maximum atomic E-state index is 13.6. The van der Waals surface area contributed by atoms with Crippen molar-refractivity contribution in [3.63, 3.8) is 0 Å². The number of carbonyl (C=O) groups excluding carboxylic acids is 1. The summed E-state index contributed by atoms with van der Waals surface area (Å²) in [5.41, 5.74) is 2.62. The fourth-order valence-corrected chi connectivity index (χ4v) is 3.92. The maximum Gasteiger partial charge on any atom is 0.306 e.